The van der Waals surface area contributed by atoms with Crippen LogP contribution in [0.2, 0.25) is 0 Å². The van der Waals surface area contributed by atoms with Crippen molar-refractivity contribution in [2.45, 2.75) is 27.7 Å². The van der Waals surface area contributed by atoms with Crippen LogP contribution in [0.1, 0.15) is 27.7 Å². The lowest BCUT2D eigenvalue weighted by Crippen LogP contribution is -2.23. The quantitative estimate of drug-likeness (QED) is 0.522. The molecule has 0 unspecified atom stereocenters. The number of carbonyl (C=O) groups is 3. The van der Waals surface area contributed by atoms with E-state index in [1.165, 1.54) is 6.92 Å². The van der Waals surface area contributed by atoms with Crippen molar-refractivity contribution in [3.05, 3.63) is 22.3 Å². The van der Waals surface area contributed by atoms with E-state index in [1.54, 1.807) is 20.8 Å². The van der Waals surface area contributed by atoms with Gasteiger partial charge in [-0.3, -0.25) is 14.4 Å². The van der Waals surface area contributed by atoms with Crippen molar-refractivity contribution < 1.29 is 19.1 Å². The smallest absolute Gasteiger partial charge is 0.302 e. The van der Waals surface area contributed by atoms with Gasteiger partial charge in [0, 0.05) is 29.2 Å². The SMILES string of the molecule is CC(=O)OCC1=C(C)C(=O)C(C)=C(C)C1=O. The van der Waals surface area contributed by atoms with E-state index in [9.17, 15) is 14.4 Å². The summed E-state index contributed by atoms with van der Waals surface area (Å²) >= 11 is 0. The molecule has 0 saturated heterocycles. The Morgan fingerprint density at radius 3 is 2.00 bits per heavy atom. The molecule has 0 aromatic carbocycles. The summed E-state index contributed by atoms with van der Waals surface area (Å²) in [5, 5.41) is 0. The van der Waals surface area contributed by atoms with Crippen molar-refractivity contribution in [2.24, 2.45) is 0 Å². The van der Waals surface area contributed by atoms with E-state index < -0.39 is 5.97 Å². The van der Waals surface area contributed by atoms with Crippen molar-refractivity contribution in [2.75, 3.05) is 6.61 Å². The van der Waals surface area contributed by atoms with Crippen LogP contribution in [-0.2, 0) is 19.1 Å². The molecule has 0 heterocycles. The van der Waals surface area contributed by atoms with Crippen LogP contribution in [0.3, 0.4) is 0 Å². The minimum Gasteiger partial charge on any atom is -0.461 e. The first kappa shape index (κ1) is 12.4. The van der Waals surface area contributed by atoms with Gasteiger partial charge in [-0.25, -0.2) is 0 Å². The second-order valence-corrected chi connectivity index (χ2v) is 3.79. The van der Waals surface area contributed by atoms with Gasteiger partial charge in [0.05, 0.1) is 0 Å². The molecule has 0 atom stereocenters. The molecular weight excluding hydrogens is 208 g/mol. The standard InChI is InChI=1S/C12H14O4/c1-6-7(2)12(15)10(5-16-9(4)13)8(3)11(6)14/h5H2,1-4H3. The molecule has 1 rings (SSSR count). The molecule has 0 aromatic rings. The third kappa shape index (κ3) is 2.10. The Morgan fingerprint density at radius 2 is 1.50 bits per heavy atom. The second-order valence-electron chi connectivity index (χ2n) is 3.79. The molecule has 0 bridgehead atoms. The number of allylic oxidation sites excluding steroid dienone is 3. The van der Waals surface area contributed by atoms with Gasteiger partial charge < -0.3 is 4.74 Å². The van der Waals surface area contributed by atoms with Crippen LogP contribution in [0.5, 0.6) is 0 Å². The number of rotatable bonds is 2. The Morgan fingerprint density at radius 1 is 1.00 bits per heavy atom. The normalized spacial score (nSPS) is 17.0. The van der Waals surface area contributed by atoms with Gasteiger partial charge in [-0.1, -0.05) is 0 Å². The molecule has 1 aliphatic carbocycles. The van der Waals surface area contributed by atoms with E-state index in [4.69, 9.17) is 4.74 Å². The van der Waals surface area contributed by atoms with E-state index in [-0.39, 0.29) is 23.7 Å². The second kappa shape index (κ2) is 4.43. The molecular formula is C12H14O4. The molecule has 0 fully saturated rings. The minimum atomic E-state index is -0.468. The van der Waals surface area contributed by atoms with Gasteiger partial charge in [0.2, 0.25) is 0 Å². The van der Waals surface area contributed by atoms with Gasteiger partial charge in [-0.2, -0.15) is 0 Å². The molecule has 0 spiro atoms. The first-order chi connectivity index (χ1) is 7.36. The van der Waals surface area contributed by atoms with Crippen LogP contribution in [-0.4, -0.2) is 24.1 Å². The van der Waals surface area contributed by atoms with Crippen molar-refractivity contribution in [1.82, 2.24) is 0 Å². The number of hydrogen-bond acceptors (Lipinski definition) is 4. The van der Waals surface area contributed by atoms with E-state index in [0.717, 1.165) is 0 Å². The van der Waals surface area contributed by atoms with Gasteiger partial charge in [0.15, 0.2) is 11.6 Å². The number of hydrogen-bond donors (Lipinski definition) is 0. The topological polar surface area (TPSA) is 60.4 Å². The van der Waals surface area contributed by atoms with Crippen LogP contribution in [0.15, 0.2) is 22.3 Å². The zero-order chi connectivity index (χ0) is 12.5. The van der Waals surface area contributed by atoms with Crippen LogP contribution in [0.25, 0.3) is 0 Å². The molecule has 0 saturated carbocycles. The summed E-state index contributed by atoms with van der Waals surface area (Å²) in [5.41, 5.74) is 1.55. The first-order valence-electron chi connectivity index (χ1n) is 4.96. The van der Waals surface area contributed by atoms with E-state index in [1.807, 2.05) is 0 Å². The van der Waals surface area contributed by atoms with Crippen molar-refractivity contribution in [3.63, 3.8) is 0 Å². The molecule has 86 valence electrons. The molecule has 0 N–H and O–H groups in total. The highest BCUT2D eigenvalue weighted by molar-refractivity contribution is 6.24. The maximum Gasteiger partial charge on any atom is 0.302 e. The highest BCUT2D eigenvalue weighted by Gasteiger charge is 2.28. The highest BCUT2D eigenvalue weighted by Crippen LogP contribution is 2.24. The molecule has 4 heteroatoms. The van der Waals surface area contributed by atoms with Crippen molar-refractivity contribution in [3.8, 4) is 0 Å². The highest BCUT2D eigenvalue weighted by atomic mass is 16.5. The number of Topliss-reactive ketones (excluding diaryl/α,β-unsaturated/α-hetero) is 2. The van der Waals surface area contributed by atoms with Crippen LogP contribution in [0.4, 0.5) is 0 Å². The third-order valence-corrected chi connectivity index (χ3v) is 2.73. The third-order valence-electron chi connectivity index (χ3n) is 2.73. The summed E-state index contributed by atoms with van der Waals surface area (Å²) in [7, 11) is 0. The molecule has 0 aromatic heterocycles. The summed E-state index contributed by atoms with van der Waals surface area (Å²) in [6, 6.07) is 0. The fourth-order valence-electron chi connectivity index (χ4n) is 1.50. The minimum absolute atomic E-state index is 0.129. The lowest BCUT2D eigenvalue weighted by Gasteiger charge is -2.18. The summed E-state index contributed by atoms with van der Waals surface area (Å²) in [6.45, 7) is 5.95. The van der Waals surface area contributed by atoms with Gasteiger partial charge in [0.1, 0.15) is 6.61 Å². The van der Waals surface area contributed by atoms with E-state index in [2.05, 4.69) is 0 Å². The van der Waals surface area contributed by atoms with Gasteiger partial charge in [0.25, 0.3) is 0 Å². The average molecular weight is 222 g/mol. The Hall–Kier alpha value is -1.71. The van der Waals surface area contributed by atoms with Gasteiger partial charge in [-0.05, 0) is 20.8 Å². The predicted molar refractivity (Wildman–Crippen MR) is 57.7 cm³/mol. The summed E-state index contributed by atoms with van der Waals surface area (Å²) in [6.07, 6.45) is 0. The van der Waals surface area contributed by atoms with Crippen molar-refractivity contribution >= 4 is 17.5 Å². The van der Waals surface area contributed by atoms with E-state index in [0.29, 0.717) is 16.7 Å². The average Bonchev–Trinajstić information content (AvgIpc) is 2.23. The predicted octanol–water partition coefficient (Wildman–Crippen LogP) is 1.35. The fourth-order valence-corrected chi connectivity index (χ4v) is 1.50. The molecule has 0 aliphatic heterocycles. The number of ketones is 2. The zero-order valence-corrected chi connectivity index (χ0v) is 9.84. The maximum atomic E-state index is 11.8. The first-order valence-corrected chi connectivity index (χ1v) is 4.96. The van der Waals surface area contributed by atoms with Crippen LogP contribution in [0, 0.1) is 0 Å². The molecule has 4 nitrogen and oxygen atoms in total. The summed E-state index contributed by atoms with van der Waals surface area (Å²) < 4.78 is 4.76. The molecule has 16 heavy (non-hydrogen) atoms. The van der Waals surface area contributed by atoms with Crippen molar-refractivity contribution in [1.29, 1.82) is 0 Å². The maximum absolute atomic E-state index is 11.8. The number of ether oxygens (including phenoxy) is 1. The molecule has 0 amide bonds. The Kier molecular flexibility index (Phi) is 3.42. The van der Waals surface area contributed by atoms with Crippen LogP contribution < -0.4 is 0 Å². The Labute approximate surface area is 94.0 Å². The van der Waals surface area contributed by atoms with Gasteiger partial charge in [-0.15, -0.1) is 0 Å². The summed E-state index contributed by atoms with van der Waals surface area (Å²) in [4.78, 5) is 34.2. The number of carbonyl (C=O) groups excluding carboxylic acids is 3. The monoisotopic (exact) mass is 222 g/mol. The lowest BCUT2D eigenvalue weighted by molar-refractivity contribution is -0.140. The number of esters is 1. The zero-order valence-electron chi connectivity index (χ0n) is 9.84. The largest absolute Gasteiger partial charge is 0.461 e. The molecule has 1 aliphatic rings. The Bertz CT molecular complexity index is 438. The van der Waals surface area contributed by atoms with E-state index >= 15 is 0 Å². The lowest BCUT2D eigenvalue weighted by atomic mass is 9.86. The Balaban J connectivity index is 3.04. The van der Waals surface area contributed by atoms with Crippen LogP contribution >= 0.6 is 0 Å². The molecule has 0 radical (unpaired) electrons. The fraction of sp³-hybridized carbons (Fsp3) is 0.417. The summed E-state index contributed by atoms with van der Waals surface area (Å²) in [5.74, 6) is -0.834. The van der Waals surface area contributed by atoms with Gasteiger partial charge >= 0.3 is 5.97 Å².